The van der Waals surface area contributed by atoms with Gasteiger partial charge in [0.25, 0.3) is 11.8 Å². The highest BCUT2D eigenvalue weighted by molar-refractivity contribution is 7.14. The Labute approximate surface area is 168 Å². The van der Waals surface area contributed by atoms with Crippen LogP contribution < -0.4 is 11.1 Å². The minimum atomic E-state index is -0.631. The van der Waals surface area contributed by atoms with E-state index in [2.05, 4.69) is 30.8 Å². The van der Waals surface area contributed by atoms with Gasteiger partial charge >= 0.3 is 0 Å². The molecule has 146 valence electrons. The molecule has 1 aromatic carbocycles. The largest absolute Gasteiger partial charge is 0.364 e. The third kappa shape index (κ3) is 4.19. The summed E-state index contributed by atoms with van der Waals surface area (Å²) in [7, 11) is 0. The van der Waals surface area contributed by atoms with E-state index in [-0.39, 0.29) is 5.91 Å². The maximum Gasteiger partial charge on any atom is 0.265 e. The lowest BCUT2D eigenvalue weighted by Crippen LogP contribution is -2.28. The number of carbonyl (C=O) groups is 2. The minimum absolute atomic E-state index is 0.283. The summed E-state index contributed by atoms with van der Waals surface area (Å²) < 4.78 is 1.42. The van der Waals surface area contributed by atoms with Crippen molar-refractivity contribution in [1.29, 1.82) is 0 Å². The molecule has 0 saturated carbocycles. The van der Waals surface area contributed by atoms with Gasteiger partial charge in [0.2, 0.25) is 0 Å². The second kappa shape index (κ2) is 8.02. The summed E-state index contributed by atoms with van der Waals surface area (Å²) in [6.07, 6.45) is 3.47. The van der Waals surface area contributed by atoms with Gasteiger partial charge in [0, 0.05) is 23.6 Å². The molecular weight excluding hydrogens is 392 g/mol. The number of aromatic amines is 1. The summed E-state index contributed by atoms with van der Waals surface area (Å²) in [5.74, 6) is -0.834. The van der Waals surface area contributed by atoms with Crippen LogP contribution in [0.25, 0.3) is 11.3 Å². The normalized spacial score (nSPS) is 11.9. The van der Waals surface area contributed by atoms with Gasteiger partial charge in [-0.1, -0.05) is 30.3 Å². The lowest BCUT2D eigenvalue weighted by molar-refractivity contribution is -0.119. The van der Waals surface area contributed by atoms with Gasteiger partial charge in [0.1, 0.15) is 18.1 Å². The van der Waals surface area contributed by atoms with Gasteiger partial charge in [-0.2, -0.15) is 0 Å². The number of thiazole rings is 1. The zero-order valence-corrected chi connectivity index (χ0v) is 15.8. The molecule has 0 radical (unpaired) electrons. The number of tetrazole rings is 1. The van der Waals surface area contributed by atoms with Crippen LogP contribution in [0.1, 0.15) is 22.1 Å². The van der Waals surface area contributed by atoms with Gasteiger partial charge in [0.05, 0.1) is 5.69 Å². The van der Waals surface area contributed by atoms with E-state index in [0.717, 1.165) is 5.56 Å². The van der Waals surface area contributed by atoms with Crippen molar-refractivity contribution in [3.63, 3.8) is 0 Å². The van der Waals surface area contributed by atoms with E-state index in [4.69, 9.17) is 5.73 Å². The minimum Gasteiger partial charge on any atom is -0.364 e. The Balaban J connectivity index is 1.52. The van der Waals surface area contributed by atoms with E-state index in [1.807, 2.05) is 30.3 Å². The lowest BCUT2D eigenvalue weighted by Gasteiger charge is -2.15. The Morgan fingerprint density at radius 1 is 1.28 bits per heavy atom. The first-order valence-electron chi connectivity index (χ1n) is 8.61. The second-order valence-corrected chi connectivity index (χ2v) is 7.05. The molecule has 4 N–H and O–H groups in total. The quantitative estimate of drug-likeness (QED) is 0.424. The number of anilines is 1. The van der Waals surface area contributed by atoms with E-state index in [9.17, 15) is 9.59 Å². The van der Waals surface area contributed by atoms with Crippen LogP contribution in [0.4, 0.5) is 5.13 Å². The number of aromatic nitrogens is 6. The molecule has 0 spiro atoms. The third-order valence-electron chi connectivity index (χ3n) is 4.24. The number of hydrogen-bond acceptors (Lipinski definition) is 7. The van der Waals surface area contributed by atoms with E-state index in [1.54, 1.807) is 17.6 Å². The topological polar surface area (TPSA) is 144 Å². The first kappa shape index (κ1) is 18.5. The van der Waals surface area contributed by atoms with E-state index in [1.165, 1.54) is 22.3 Å². The van der Waals surface area contributed by atoms with Crippen molar-refractivity contribution in [3.05, 3.63) is 65.6 Å². The average Bonchev–Trinajstić information content (AvgIpc) is 3.47. The monoisotopic (exact) mass is 408 g/mol. The van der Waals surface area contributed by atoms with Crippen LogP contribution >= 0.6 is 11.3 Å². The number of primary amides is 1. The van der Waals surface area contributed by atoms with Crippen molar-refractivity contribution in [2.24, 2.45) is 5.73 Å². The summed E-state index contributed by atoms with van der Waals surface area (Å²) >= 11 is 1.28. The zero-order valence-electron chi connectivity index (χ0n) is 15.0. The number of amides is 2. The smallest absolute Gasteiger partial charge is 0.265 e. The Morgan fingerprint density at radius 2 is 2.10 bits per heavy atom. The molecule has 3 heterocycles. The fraction of sp³-hybridized carbons (Fsp3) is 0.111. The Bertz CT molecular complexity index is 1120. The van der Waals surface area contributed by atoms with Crippen molar-refractivity contribution >= 4 is 28.3 Å². The number of benzene rings is 1. The number of hydrogen-bond donors (Lipinski definition) is 3. The lowest BCUT2D eigenvalue weighted by atomic mass is 10.1. The van der Waals surface area contributed by atoms with Gasteiger partial charge in [-0.25, -0.2) is 9.67 Å². The number of nitrogens with zero attached hydrogens (tertiary/aromatic N) is 5. The molecular formula is C18H16N8O2S. The number of H-pyrrole nitrogens is 1. The molecule has 4 aromatic rings. The Kier molecular flexibility index (Phi) is 5.12. The molecule has 0 saturated heterocycles. The second-order valence-electron chi connectivity index (χ2n) is 6.19. The van der Waals surface area contributed by atoms with Crippen molar-refractivity contribution in [2.75, 3.05) is 5.32 Å². The van der Waals surface area contributed by atoms with Gasteiger partial charge in [-0.05, 0) is 22.1 Å². The molecule has 1 atom stereocenters. The number of nitrogens with two attached hydrogens (primary N) is 1. The van der Waals surface area contributed by atoms with Crippen molar-refractivity contribution < 1.29 is 9.59 Å². The SMILES string of the molecule is NC(=O)c1cc(-c2csc(NC(=O)C(Cc3ccccc3)n3cnnn3)n2)c[nH]1. The highest BCUT2D eigenvalue weighted by Gasteiger charge is 2.23. The molecule has 2 amide bonds. The molecule has 0 aliphatic rings. The molecule has 4 rings (SSSR count). The molecule has 0 aliphatic carbocycles. The molecule has 0 bridgehead atoms. The zero-order chi connectivity index (χ0) is 20.2. The standard InChI is InChI=1S/C18H16N8O2S/c19-16(27)13-7-12(8-20-13)14-9-29-18(22-14)23-17(28)15(26-10-21-24-25-26)6-11-4-2-1-3-5-11/h1-5,7-10,15,20H,6H2,(H2,19,27)(H,22,23,28). The fourth-order valence-electron chi connectivity index (χ4n) is 2.79. The van der Waals surface area contributed by atoms with E-state index >= 15 is 0 Å². The maximum atomic E-state index is 12.9. The summed E-state index contributed by atoms with van der Waals surface area (Å²) in [4.78, 5) is 31.4. The fourth-order valence-corrected chi connectivity index (χ4v) is 3.51. The molecule has 29 heavy (non-hydrogen) atoms. The van der Waals surface area contributed by atoms with E-state index < -0.39 is 11.9 Å². The summed E-state index contributed by atoms with van der Waals surface area (Å²) in [6.45, 7) is 0. The van der Waals surface area contributed by atoms with Gasteiger partial charge < -0.3 is 16.0 Å². The van der Waals surface area contributed by atoms with Crippen LogP contribution in [0.15, 0.2) is 54.3 Å². The van der Waals surface area contributed by atoms with Crippen molar-refractivity contribution in [3.8, 4) is 11.3 Å². The number of nitrogens with one attached hydrogen (secondary N) is 2. The Morgan fingerprint density at radius 3 is 2.79 bits per heavy atom. The van der Waals surface area contributed by atoms with Crippen LogP contribution in [0.2, 0.25) is 0 Å². The predicted octanol–water partition coefficient (Wildman–Crippen LogP) is 1.65. The van der Waals surface area contributed by atoms with Crippen molar-refractivity contribution in [1.82, 2.24) is 30.2 Å². The van der Waals surface area contributed by atoms with Crippen LogP contribution in [0.3, 0.4) is 0 Å². The molecule has 10 nitrogen and oxygen atoms in total. The molecule has 3 aromatic heterocycles. The van der Waals surface area contributed by atoms with Gasteiger partial charge in [0.15, 0.2) is 5.13 Å². The first-order valence-corrected chi connectivity index (χ1v) is 9.49. The molecule has 0 aliphatic heterocycles. The van der Waals surface area contributed by atoms with E-state index in [0.29, 0.717) is 28.5 Å². The van der Waals surface area contributed by atoms with Gasteiger partial charge in [-0.15, -0.1) is 16.4 Å². The molecule has 11 heteroatoms. The van der Waals surface area contributed by atoms with Gasteiger partial charge in [-0.3, -0.25) is 9.59 Å². The number of rotatable bonds is 7. The average molecular weight is 408 g/mol. The van der Waals surface area contributed by atoms with Crippen LogP contribution in [0.5, 0.6) is 0 Å². The predicted molar refractivity (Wildman–Crippen MR) is 106 cm³/mol. The van der Waals surface area contributed by atoms with Crippen molar-refractivity contribution in [2.45, 2.75) is 12.5 Å². The third-order valence-corrected chi connectivity index (χ3v) is 4.99. The number of carbonyl (C=O) groups excluding carboxylic acids is 2. The highest BCUT2D eigenvalue weighted by atomic mass is 32.1. The Hall–Kier alpha value is -3.86. The summed E-state index contributed by atoms with van der Waals surface area (Å²) in [6, 6.07) is 10.6. The molecule has 0 fully saturated rings. The highest BCUT2D eigenvalue weighted by Crippen LogP contribution is 2.26. The molecule has 1 unspecified atom stereocenters. The van der Waals surface area contributed by atoms with Crippen LogP contribution in [-0.2, 0) is 11.2 Å². The van der Waals surface area contributed by atoms with Crippen LogP contribution in [0, 0.1) is 0 Å². The van der Waals surface area contributed by atoms with Crippen LogP contribution in [-0.4, -0.2) is 42.0 Å². The summed E-state index contributed by atoms with van der Waals surface area (Å²) in [5.41, 5.74) is 7.86. The first-order chi connectivity index (χ1) is 14.1. The maximum absolute atomic E-state index is 12.9. The summed E-state index contributed by atoms with van der Waals surface area (Å²) in [5, 5.41) is 16.2.